The minimum absolute atomic E-state index is 0.00180. The van der Waals surface area contributed by atoms with E-state index in [0.29, 0.717) is 11.7 Å². The third-order valence-electron chi connectivity index (χ3n) is 4.89. The van der Waals surface area contributed by atoms with Gasteiger partial charge in [-0.25, -0.2) is 0 Å². The maximum absolute atomic E-state index is 12.8. The number of amides is 1. The molecule has 25 heavy (non-hydrogen) atoms. The number of carbonyl (C=O) groups excluding carboxylic acids is 1. The molecule has 0 aliphatic carbocycles. The lowest BCUT2D eigenvalue weighted by Gasteiger charge is -2.36. The largest absolute Gasteiger partial charge is 0.355 e. The number of likely N-dealkylation sites (tertiary alicyclic amines) is 1. The van der Waals surface area contributed by atoms with Crippen LogP contribution in [0.4, 0.5) is 5.82 Å². The topological polar surface area (TPSA) is 78.0 Å². The Hall–Kier alpha value is -2.96. The number of nitrogens with zero attached hydrogens (tertiary/aromatic N) is 5. The summed E-state index contributed by atoms with van der Waals surface area (Å²) in [7, 11) is 2.04. The molecule has 0 atom stereocenters. The number of nitrogens with one attached hydrogen (secondary N) is 1. The van der Waals surface area contributed by atoms with Gasteiger partial charge in [0.2, 0.25) is 0 Å². The van der Waals surface area contributed by atoms with Gasteiger partial charge in [-0.1, -0.05) is 18.2 Å². The molecule has 7 heteroatoms. The molecule has 1 aromatic carbocycles. The van der Waals surface area contributed by atoms with Gasteiger partial charge in [-0.3, -0.25) is 9.89 Å². The molecule has 1 amide bonds. The third kappa shape index (κ3) is 2.93. The predicted molar refractivity (Wildman–Crippen MR) is 95.5 cm³/mol. The molecule has 128 valence electrons. The molecule has 3 heterocycles. The van der Waals surface area contributed by atoms with Crippen LogP contribution in [0.25, 0.3) is 10.9 Å². The summed E-state index contributed by atoms with van der Waals surface area (Å²) in [6.07, 6.45) is 3.48. The average Bonchev–Trinajstić information content (AvgIpc) is 3.12. The molecular formula is C18H20N6O. The highest BCUT2D eigenvalue weighted by atomic mass is 16.2. The lowest BCUT2D eigenvalue weighted by atomic mass is 10.0. The number of H-pyrrole nitrogens is 1. The Morgan fingerprint density at radius 3 is 2.76 bits per heavy atom. The average molecular weight is 336 g/mol. The molecule has 3 aromatic rings. The van der Waals surface area contributed by atoms with Gasteiger partial charge in [0.1, 0.15) is 0 Å². The van der Waals surface area contributed by atoms with Crippen molar-refractivity contribution in [1.29, 1.82) is 0 Å². The molecule has 2 aromatic heterocycles. The number of aromatic nitrogens is 4. The predicted octanol–water partition coefficient (Wildman–Crippen LogP) is 2.09. The first-order chi connectivity index (χ1) is 12.2. The highest BCUT2D eigenvalue weighted by Crippen LogP contribution is 2.22. The second kappa shape index (κ2) is 6.51. The Morgan fingerprint density at radius 2 is 2.00 bits per heavy atom. The van der Waals surface area contributed by atoms with Gasteiger partial charge in [0.05, 0.1) is 5.52 Å². The number of para-hydroxylation sites is 1. The normalized spacial score (nSPS) is 15.5. The second-order valence-corrected chi connectivity index (χ2v) is 6.33. The van der Waals surface area contributed by atoms with Crippen LogP contribution in [0, 0.1) is 0 Å². The zero-order chi connectivity index (χ0) is 17.2. The number of carbonyl (C=O) groups is 1. The van der Waals surface area contributed by atoms with Crippen LogP contribution in [0.1, 0.15) is 23.3 Å². The molecule has 0 spiro atoms. The Bertz CT molecular complexity index is 869. The fourth-order valence-electron chi connectivity index (χ4n) is 3.40. The molecular weight excluding hydrogens is 316 g/mol. The molecule has 1 N–H and O–H groups in total. The van der Waals surface area contributed by atoms with E-state index in [1.54, 1.807) is 6.20 Å². The van der Waals surface area contributed by atoms with Crippen molar-refractivity contribution in [3.63, 3.8) is 0 Å². The molecule has 0 bridgehead atoms. The van der Waals surface area contributed by atoms with Crippen molar-refractivity contribution in [2.24, 2.45) is 0 Å². The van der Waals surface area contributed by atoms with Crippen molar-refractivity contribution in [3.05, 3.63) is 48.3 Å². The first-order valence-electron chi connectivity index (χ1n) is 8.47. The van der Waals surface area contributed by atoms with Gasteiger partial charge >= 0.3 is 0 Å². The summed E-state index contributed by atoms with van der Waals surface area (Å²) < 4.78 is 0. The van der Waals surface area contributed by atoms with Crippen LogP contribution < -0.4 is 4.90 Å². The van der Waals surface area contributed by atoms with Crippen LogP contribution in [-0.2, 0) is 0 Å². The first kappa shape index (κ1) is 15.6. The first-order valence-corrected chi connectivity index (χ1v) is 8.47. The summed E-state index contributed by atoms with van der Waals surface area (Å²) in [6, 6.07) is 11.9. The number of aromatic amines is 1. The molecule has 1 fully saturated rings. The standard InChI is InChI=1S/C18H20N6O/c1-23(16-7-4-10-19-21-16)13-8-11-24(12-9-13)18(25)17-14-5-2-3-6-15(14)20-22-17/h2-7,10,13H,8-9,11-12H2,1H3,(H,20,22). The highest BCUT2D eigenvalue weighted by Gasteiger charge is 2.28. The Morgan fingerprint density at radius 1 is 1.20 bits per heavy atom. The second-order valence-electron chi connectivity index (χ2n) is 6.33. The number of piperidine rings is 1. The smallest absolute Gasteiger partial charge is 0.274 e. The molecule has 7 nitrogen and oxygen atoms in total. The molecule has 1 aliphatic rings. The molecule has 0 unspecified atom stereocenters. The van der Waals surface area contributed by atoms with E-state index in [1.165, 1.54) is 0 Å². The van der Waals surface area contributed by atoms with Crippen LogP contribution in [0.3, 0.4) is 0 Å². The number of benzene rings is 1. The lowest BCUT2D eigenvalue weighted by Crippen LogP contribution is -2.46. The summed E-state index contributed by atoms with van der Waals surface area (Å²) >= 11 is 0. The van der Waals surface area contributed by atoms with Crippen molar-refractivity contribution >= 4 is 22.6 Å². The summed E-state index contributed by atoms with van der Waals surface area (Å²) in [5, 5.41) is 16.1. The van der Waals surface area contributed by atoms with Crippen LogP contribution in [0.5, 0.6) is 0 Å². The van der Waals surface area contributed by atoms with E-state index >= 15 is 0 Å². The van der Waals surface area contributed by atoms with Gasteiger partial charge in [-0.15, -0.1) is 5.10 Å². The van der Waals surface area contributed by atoms with Crippen molar-refractivity contribution < 1.29 is 4.79 Å². The number of anilines is 1. The monoisotopic (exact) mass is 336 g/mol. The van der Waals surface area contributed by atoms with Crippen LogP contribution in [0.15, 0.2) is 42.6 Å². The quantitative estimate of drug-likeness (QED) is 0.792. The van der Waals surface area contributed by atoms with E-state index in [1.807, 2.05) is 48.3 Å². The third-order valence-corrected chi connectivity index (χ3v) is 4.89. The Kier molecular flexibility index (Phi) is 4.05. The molecule has 4 rings (SSSR count). The van der Waals surface area contributed by atoms with E-state index in [2.05, 4.69) is 25.3 Å². The summed E-state index contributed by atoms with van der Waals surface area (Å²) in [5.41, 5.74) is 1.40. The van der Waals surface area contributed by atoms with Crippen molar-refractivity contribution in [2.75, 3.05) is 25.0 Å². The van der Waals surface area contributed by atoms with E-state index in [0.717, 1.165) is 42.7 Å². The summed E-state index contributed by atoms with van der Waals surface area (Å²) in [6.45, 7) is 1.44. The van der Waals surface area contributed by atoms with Crippen molar-refractivity contribution in [2.45, 2.75) is 18.9 Å². The lowest BCUT2D eigenvalue weighted by molar-refractivity contribution is 0.0709. The van der Waals surface area contributed by atoms with Gasteiger partial charge in [0, 0.05) is 37.8 Å². The highest BCUT2D eigenvalue weighted by molar-refractivity contribution is 6.04. The van der Waals surface area contributed by atoms with E-state index < -0.39 is 0 Å². The van der Waals surface area contributed by atoms with Gasteiger partial charge in [0.25, 0.3) is 5.91 Å². The van der Waals surface area contributed by atoms with Crippen LogP contribution in [-0.4, -0.2) is 57.4 Å². The maximum Gasteiger partial charge on any atom is 0.274 e. The van der Waals surface area contributed by atoms with Crippen LogP contribution >= 0.6 is 0 Å². The Balaban J connectivity index is 1.44. The fraction of sp³-hybridized carbons (Fsp3) is 0.333. The van der Waals surface area contributed by atoms with Crippen molar-refractivity contribution in [1.82, 2.24) is 25.3 Å². The molecule has 1 saturated heterocycles. The minimum Gasteiger partial charge on any atom is -0.355 e. The Labute approximate surface area is 145 Å². The minimum atomic E-state index is -0.00180. The van der Waals surface area contributed by atoms with Crippen molar-refractivity contribution in [3.8, 4) is 0 Å². The van der Waals surface area contributed by atoms with Gasteiger partial charge in [0.15, 0.2) is 11.5 Å². The number of fused-ring (bicyclic) bond motifs is 1. The van der Waals surface area contributed by atoms with Gasteiger partial charge in [-0.05, 0) is 31.0 Å². The molecule has 0 radical (unpaired) electrons. The maximum atomic E-state index is 12.8. The van der Waals surface area contributed by atoms with Gasteiger partial charge in [-0.2, -0.15) is 10.2 Å². The van der Waals surface area contributed by atoms with E-state index in [9.17, 15) is 4.79 Å². The summed E-state index contributed by atoms with van der Waals surface area (Å²) in [5.74, 6) is 0.864. The number of hydrogen-bond donors (Lipinski definition) is 1. The molecule has 0 saturated carbocycles. The zero-order valence-electron chi connectivity index (χ0n) is 14.1. The van der Waals surface area contributed by atoms with Crippen LogP contribution in [0.2, 0.25) is 0 Å². The zero-order valence-corrected chi connectivity index (χ0v) is 14.1. The molecule has 1 aliphatic heterocycles. The van der Waals surface area contributed by atoms with Gasteiger partial charge < -0.3 is 9.80 Å². The van der Waals surface area contributed by atoms with E-state index in [4.69, 9.17) is 0 Å². The number of hydrogen-bond acceptors (Lipinski definition) is 5. The number of rotatable bonds is 3. The SMILES string of the molecule is CN(c1cccnn1)C1CCN(C(=O)c2n[nH]c3ccccc23)CC1. The fourth-order valence-corrected chi connectivity index (χ4v) is 3.40. The summed E-state index contributed by atoms with van der Waals surface area (Å²) in [4.78, 5) is 16.9. The van der Waals surface area contributed by atoms with E-state index in [-0.39, 0.29) is 5.91 Å².